The summed E-state index contributed by atoms with van der Waals surface area (Å²) in [6, 6.07) is 6.63. The lowest BCUT2D eigenvalue weighted by atomic mass is 10.2. The van der Waals surface area contributed by atoms with E-state index in [1.54, 1.807) is 31.4 Å². The minimum Gasteiger partial charge on any atom is -0.497 e. The SMILES string of the molecule is COc1ccc(C(=O)Nc2c(N)ncnc2N)cc1. The maximum absolute atomic E-state index is 12.0. The summed E-state index contributed by atoms with van der Waals surface area (Å²) in [5, 5.41) is 2.58. The Balaban J connectivity index is 2.20. The quantitative estimate of drug-likeness (QED) is 0.754. The van der Waals surface area contributed by atoms with Crippen molar-refractivity contribution in [3.05, 3.63) is 36.2 Å². The predicted molar refractivity (Wildman–Crippen MR) is 71.8 cm³/mol. The molecule has 2 rings (SSSR count). The lowest BCUT2D eigenvalue weighted by Crippen LogP contribution is -2.15. The summed E-state index contributed by atoms with van der Waals surface area (Å²) in [6.07, 6.45) is 1.23. The van der Waals surface area contributed by atoms with Crippen LogP contribution < -0.4 is 21.5 Å². The Bertz CT molecular complexity index is 577. The molecular formula is C12H13N5O2. The molecule has 98 valence electrons. The summed E-state index contributed by atoms with van der Waals surface area (Å²) >= 11 is 0. The first kappa shape index (κ1) is 12.6. The number of amides is 1. The number of nitrogen functional groups attached to an aromatic ring is 2. The minimum atomic E-state index is -0.351. The first-order valence-corrected chi connectivity index (χ1v) is 5.43. The molecule has 1 aromatic heterocycles. The molecule has 1 aromatic carbocycles. The van der Waals surface area contributed by atoms with Crippen LogP contribution in [0.5, 0.6) is 5.75 Å². The number of carbonyl (C=O) groups is 1. The van der Waals surface area contributed by atoms with Gasteiger partial charge in [0.25, 0.3) is 5.91 Å². The molecule has 0 aliphatic carbocycles. The van der Waals surface area contributed by atoms with Gasteiger partial charge in [-0.05, 0) is 24.3 Å². The second kappa shape index (κ2) is 5.21. The van der Waals surface area contributed by atoms with E-state index in [0.717, 1.165) is 0 Å². The second-order valence-corrected chi connectivity index (χ2v) is 3.70. The van der Waals surface area contributed by atoms with E-state index in [9.17, 15) is 4.79 Å². The average molecular weight is 259 g/mol. The number of nitrogens with two attached hydrogens (primary N) is 2. The number of aromatic nitrogens is 2. The number of nitrogens with one attached hydrogen (secondary N) is 1. The molecule has 1 heterocycles. The highest BCUT2D eigenvalue weighted by molar-refractivity contribution is 6.07. The summed E-state index contributed by atoms with van der Waals surface area (Å²) in [7, 11) is 1.55. The van der Waals surface area contributed by atoms with Crippen molar-refractivity contribution in [1.82, 2.24) is 9.97 Å². The van der Waals surface area contributed by atoms with E-state index in [1.165, 1.54) is 6.33 Å². The van der Waals surface area contributed by atoms with Gasteiger partial charge in [-0.3, -0.25) is 4.79 Å². The van der Waals surface area contributed by atoms with Gasteiger partial charge in [-0.1, -0.05) is 0 Å². The van der Waals surface area contributed by atoms with Crippen LogP contribution in [0.25, 0.3) is 0 Å². The molecule has 0 fully saturated rings. The molecule has 7 nitrogen and oxygen atoms in total. The van der Waals surface area contributed by atoms with Crippen LogP contribution in [0.2, 0.25) is 0 Å². The second-order valence-electron chi connectivity index (χ2n) is 3.70. The molecule has 2 aromatic rings. The molecule has 0 saturated heterocycles. The molecule has 0 aliphatic rings. The summed E-state index contributed by atoms with van der Waals surface area (Å²) in [5.74, 6) is 0.554. The van der Waals surface area contributed by atoms with Crippen LogP contribution in [0.15, 0.2) is 30.6 Å². The Kier molecular flexibility index (Phi) is 3.46. The Hall–Kier alpha value is -2.83. The van der Waals surface area contributed by atoms with Gasteiger partial charge in [0.2, 0.25) is 0 Å². The summed E-state index contributed by atoms with van der Waals surface area (Å²) < 4.78 is 5.01. The highest BCUT2D eigenvalue weighted by Crippen LogP contribution is 2.22. The van der Waals surface area contributed by atoms with Crippen molar-refractivity contribution in [1.29, 1.82) is 0 Å². The van der Waals surface area contributed by atoms with E-state index < -0.39 is 0 Å². The van der Waals surface area contributed by atoms with Crippen molar-refractivity contribution in [2.75, 3.05) is 23.9 Å². The standard InChI is InChI=1S/C12H13N5O2/c1-19-8-4-2-7(3-5-8)12(18)17-9-10(13)15-6-16-11(9)14/h2-6H,1H3,(H,17,18)(H4,13,14,15,16). The Morgan fingerprint density at radius 3 is 2.26 bits per heavy atom. The molecule has 19 heavy (non-hydrogen) atoms. The molecule has 0 atom stereocenters. The van der Waals surface area contributed by atoms with Gasteiger partial charge in [0.1, 0.15) is 17.8 Å². The molecule has 0 bridgehead atoms. The zero-order chi connectivity index (χ0) is 13.8. The largest absolute Gasteiger partial charge is 0.497 e. The van der Waals surface area contributed by atoms with Crippen LogP contribution in [-0.2, 0) is 0 Å². The van der Waals surface area contributed by atoms with E-state index in [2.05, 4.69) is 15.3 Å². The molecule has 0 unspecified atom stereocenters. The van der Waals surface area contributed by atoms with E-state index in [4.69, 9.17) is 16.2 Å². The molecular weight excluding hydrogens is 246 g/mol. The lowest BCUT2D eigenvalue weighted by molar-refractivity contribution is 0.102. The molecule has 7 heteroatoms. The summed E-state index contributed by atoms with van der Waals surface area (Å²) in [5.41, 5.74) is 11.9. The third-order valence-corrected chi connectivity index (χ3v) is 2.50. The topological polar surface area (TPSA) is 116 Å². The normalized spacial score (nSPS) is 9.95. The van der Waals surface area contributed by atoms with Gasteiger partial charge in [-0.2, -0.15) is 0 Å². The maximum Gasteiger partial charge on any atom is 0.255 e. The number of methoxy groups -OCH3 is 1. The van der Waals surface area contributed by atoms with Crippen molar-refractivity contribution in [2.24, 2.45) is 0 Å². The van der Waals surface area contributed by atoms with Gasteiger partial charge in [0, 0.05) is 5.56 Å². The van der Waals surface area contributed by atoms with Gasteiger partial charge in [0.05, 0.1) is 7.11 Å². The first-order chi connectivity index (χ1) is 9.11. The predicted octanol–water partition coefficient (Wildman–Crippen LogP) is 0.902. The smallest absolute Gasteiger partial charge is 0.255 e. The zero-order valence-electron chi connectivity index (χ0n) is 10.3. The number of rotatable bonds is 3. The minimum absolute atomic E-state index is 0.120. The Morgan fingerprint density at radius 2 is 1.74 bits per heavy atom. The molecule has 0 saturated carbocycles. The number of ether oxygens (including phenoxy) is 1. The van der Waals surface area contributed by atoms with Gasteiger partial charge < -0.3 is 21.5 Å². The molecule has 0 aliphatic heterocycles. The van der Waals surface area contributed by atoms with Crippen LogP contribution in [0.3, 0.4) is 0 Å². The van der Waals surface area contributed by atoms with E-state index in [1.807, 2.05) is 0 Å². The fourth-order valence-electron chi connectivity index (χ4n) is 1.47. The fourth-order valence-corrected chi connectivity index (χ4v) is 1.47. The van der Waals surface area contributed by atoms with Gasteiger partial charge >= 0.3 is 0 Å². The van der Waals surface area contributed by atoms with Crippen LogP contribution in [0, 0.1) is 0 Å². The third-order valence-electron chi connectivity index (χ3n) is 2.50. The number of carbonyl (C=O) groups excluding carboxylic acids is 1. The molecule has 5 N–H and O–H groups in total. The number of hydrogen-bond donors (Lipinski definition) is 3. The van der Waals surface area contributed by atoms with Crippen LogP contribution >= 0.6 is 0 Å². The summed E-state index contributed by atoms with van der Waals surface area (Å²) in [4.78, 5) is 19.5. The Morgan fingerprint density at radius 1 is 1.16 bits per heavy atom. The molecule has 0 radical (unpaired) electrons. The highest BCUT2D eigenvalue weighted by Gasteiger charge is 2.12. The fraction of sp³-hybridized carbons (Fsp3) is 0.0833. The van der Waals surface area contributed by atoms with Crippen LogP contribution in [0.4, 0.5) is 17.3 Å². The van der Waals surface area contributed by atoms with Crippen LogP contribution in [-0.4, -0.2) is 23.0 Å². The van der Waals surface area contributed by atoms with Gasteiger partial charge in [-0.25, -0.2) is 9.97 Å². The monoisotopic (exact) mass is 259 g/mol. The van der Waals surface area contributed by atoms with Crippen molar-refractivity contribution in [2.45, 2.75) is 0 Å². The van der Waals surface area contributed by atoms with Crippen molar-refractivity contribution in [3.63, 3.8) is 0 Å². The average Bonchev–Trinajstić information content (AvgIpc) is 2.43. The Labute approximate surface area is 109 Å². The van der Waals surface area contributed by atoms with E-state index in [0.29, 0.717) is 11.3 Å². The first-order valence-electron chi connectivity index (χ1n) is 5.43. The van der Waals surface area contributed by atoms with Gasteiger partial charge in [0.15, 0.2) is 11.6 Å². The van der Waals surface area contributed by atoms with E-state index >= 15 is 0 Å². The van der Waals surface area contributed by atoms with Crippen molar-refractivity contribution < 1.29 is 9.53 Å². The number of nitrogens with zero attached hydrogens (tertiary/aromatic N) is 2. The number of benzene rings is 1. The molecule has 1 amide bonds. The third kappa shape index (κ3) is 2.71. The highest BCUT2D eigenvalue weighted by atomic mass is 16.5. The van der Waals surface area contributed by atoms with Crippen molar-refractivity contribution >= 4 is 23.2 Å². The number of hydrogen-bond acceptors (Lipinski definition) is 6. The number of anilines is 3. The van der Waals surface area contributed by atoms with Crippen molar-refractivity contribution in [3.8, 4) is 5.75 Å². The van der Waals surface area contributed by atoms with Gasteiger partial charge in [-0.15, -0.1) is 0 Å². The van der Waals surface area contributed by atoms with E-state index in [-0.39, 0.29) is 23.2 Å². The zero-order valence-corrected chi connectivity index (χ0v) is 10.3. The lowest BCUT2D eigenvalue weighted by Gasteiger charge is -2.09. The molecule has 0 spiro atoms. The van der Waals surface area contributed by atoms with Crippen LogP contribution in [0.1, 0.15) is 10.4 Å². The maximum atomic E-state index is 12.0. The summed E-state index contributed by atoms with van der Waals surface area (Å²) in [6.45, 7) is 0.